The van der Waals surface area contributed by atoms with E-state index in [1.54, 1.807) is 30.3 Å². The maximum absolute atomic E-state index is 12.4. The minimum Gasteiger partial charge on any atom is -0.493 e. The number of benzene rings is 2. The predicted octanol–water partition coefficient (Wildman–Crippen LogP) is 3.65. The van der Waals surface area contributed by atoms with Gasteiger partial charge in [-0.1, -0.05) is 32.0 Å². The highest BCUT2D eigenvalue weighted by molar-refractivity contribution is 5.93. The molecule has 0 radical (unpaired) electrons. The summed E-state index contributed by atoms with van der Waals surface area (Å²) >= 11 is 0. The van der Waals surface area contributed by atoms with Crippen molar-refractivity contribution in [3.05, 3.63) is 54.1 Å². The molecule has 0 fully saturated rings. The van der Waals surface area contributed by atoms with Crippen LogP contribution in [-0.4, -0.2) is 39.4 Å². The number of para-hydroxylation sites is 1. The quantitative estimate of drug-likeness (QED) is 0.419. The zero-order valence-electron chi connectivity index (χ0n) is 18.4. The lowest BCUT2D eigenvalue weighted by atomic mass is 10.1. The van der Waals surface area contributed by atoms with Crippen molar-refractivity contribution in [1.82, 2.24) is 10.6 Å². The fourth-order valence-electron chi connectivity index (χ4n) is 2.77. The molecule has 3 amide bonds. The van der Waals surface area contributed by atoms with Gasteiger partial charge in [0.15, 0.2) is 11.5 Å². The number of carbonyl (C=O) groups is 2. The second kappa shape index (κ2) is 11.5. The van der Waals surface area contributed by atoms with E-state index in [1.165, 1.54) is 27.4 Å². The number of nitrogens with one attached hydrogen (secondary N) is 3. The Kier molecular flexibility index (Phi) is 8.75. The summed E-state index contributed by atoms with van der Waals surface area (Å²) in [6.45, 7) is 3.80. The molecular weight excluding hydrogens is 398 g/mol. The molecule has 2 aromatic rings. The Labute approximate surface area is 182 Å². The molecule has 0 saturated heterocycles. The van der Waals surface area contributed by atoms with Crippen LogP contribution in [0.4, 0.5) is 10.5 Å². The van der Waals surface area contributed by atoms with Gasteiger partial charge in [-0.2, -0.15) is 0 Å². The van der Waals surface area contributed by atoms with E-state index in [2.05, 4.69) is 16.0 Å². The van der Waals surface area contributed by atoms with E-state index in [9.17, 15) is 9.59 Å². The van der Waals surface area contributed by atoms with Crippen LogP contribution in [0.2, 0.25) is 0 Å². The number of anilines is 1. The number of urea groups is 1. The van der Waals surface area contributed by atoms with Crippen LogP contribution in [0, 0.1) is 5.92 Å². The highest BCUT2D eigenvalue weighted by atomic mass is 16.5. The summed E-state index contributed by atoms with van der Waals surface area (Å²) in [5.74, 6) is 1.06. The van der Waals surface area contributed by atoms with Crippen LogP contribution in [0.1, 0.15) is 19.4 Å². The van der Waals surface area contributed by atoms with Gasteiger partial charge in [0.2, 0.25) is 11.7 Å². The molecule has 8 heteroatoms. The van der Waals surface area contributed by atoms with Crippen LogP contribution in [0.25, 0.3) is 6.08 Å². The van der Waals surface area contributed by atoms with Gasteiger partial charge in [0.05, 0.1) is 21.3 Å². The van der Waals surface area contributed by atoms with Gasteiger partial charge in [0.25, 0.3) is 0 Å². The third-order valence-corrected chi connectivity index (χ3v) is 4.40. The molecule has 0 aromatic heterocycles. The molecule has 31 heavy (non-hydrogen) atoms. The molecule has 0 aliphatic heterocycles. The minimum atomic E-state index is -0.555. The molecule has 0 aliphatic carbocycles. The normalized spacial score (nSPS) is 11.7. The maximum atomic E-state index is 12.4. The van der Waals surface area contributed by atoms with Gasteiger partial charge in [0.1, 0.15) is 6.17 Å². The molecule has 0 aliphatic rings. The average molecular weight is 428 g/mol. The lowest BCUT2D eigenvalue weighted by Gasteiger charge is -2.23. The molecule has 0 spiro atoms. The molecule has 1 atom stereocenters. The van der Waals surface area contributed by atoms with Crippen molar-refractivity contribution in [2.45, 2.75) is 20.0 Å². The van der Waals surface area contributed by atoms with Gasteiger partial charge >= 0.3 is 6.03 Å². The van der Waals surface area contributed by atoms with Crippen molar-refractivity contribution in [2.24, 2.45) is 5.92 Å². The fraction of sp³-hybridized carbons (Fsp3) is 0.304. The lowest BCUT2D eigenvalue weighted by molar-refractivity contribution is -0.117. The largest absolute Gasteiger partial charge is 0.493 e. The number of hydrogen-bond acceptors (Lipinski definition) is 5. The second-order valence-corrected chi connectivity index (χ2v) is 6.99. The molecule has 0 heterocycles. The lowest BCUT2D eigenvalue weighted by Crippen LogP contribution is -2.51. The van der Waals surface area contributed by atoms with Gasteiger partial charge < -0.3 is 30.2 Å². The summed E-state index contributed by atoms with van der Waals surface area (Å²) in [4.78, 5) is 24.7. The first-order valence-electron chi connectivity index (χ1n) is 9.79. The molecule has 1 unspecified atom stereocenters. The van der Waals surface area contributed by atoms with Crippen molar-refractivity contribution >= 4 is 23.7 Å². The SMILES string of the molecule is COc1cc(/C=C/C(=O)NC(NC(=O)Nc2ccccc2)C(C)C)cc(OC)c1OC. The third-order valence-electron chi connectivity index (χ3n) is 4.40. The molecular formula is C23H29N3O5. The van der Waals surface area contributed by atoms with Gasteiger partial charge in [-0.05, 0) is 41.8 Å². The van der Waals surface area contributed by atoms with Gasteiger partial charge in [0, 0.05) is 11.8 Å². The van der Waals surface area contributed by atoms with Gasteiger partial charge in [-0.3, -0.25) is 4.79 Å². The first kappa shape index (κ1) is 23.6. The molecule has 0 saturated carbocycles. The topological polar surface area (TPSA) is 97.9 Å². The second-order valence-electron chi connectivity index (χ2n) is 6.99. The molecule has 2 rings (SSSR count). The van der Waals surface area contributed by atoms with Crippen molar-refractivity contribution in [2.75, 3.05) is 26.6 Å². The number of hydrogen-bond donors (Lipinski definition) is 3. The number of amides is 3. The van der Waals surface area contributed by atoms with Crippen LogP contribution in [0.15, 0.2) is 48.5 Å². The van der Waals surface area contributed by atoms with E-state index < -0.39 is 12.2 Å². The summed E-state index contributed by atoms with van der Waals surface area (Å²) in [5.41, 5.74) is 1.36. The van der Waals surface area contributed by atoms with Gasteiger partial charge in [-0.25, -0.2) is 4.79 Å². The summed E-state index contributed by atoms with van der Waals surface area (Å²) in [5, 5.41) is 8.31. The fourth-order valence-corrected chi connectivity index (χ4v) is 2.77. The number of rotatable bonds is 9. The van der Waals surface area contributed by atoms with Crippen molar-refractivity contribution in [3.8, 4) is 17.2 Å². The molecule has 3 N–H and O–H groups in total. The zero-order valence-corrected chi connectivity index (χ0v) is 18.4. The molecule has 2 aromatic carbocycles. The summed E-state index contributed by atoms with van der Waals surface area (Å²) in [6.07, 6.45) is 2.45. The summed E-state index contributed by atoms with van der Waals surface area (Å²) in [6, 6.07) is 12.1. The Bertz CT molecular complexity index is 888. The average Bonchev–Trinajstić information content (AvgIpc) is 2.76. The minimum absolute atomic E-state index is 0.0277. The maximum Gasteiger partial charge on any atom is 0.320 e. The number of carbonyl (C=O) groups excluding carboxylic acids is 2. The Balaban J connectivity index is 2.04. The first-order valence-corrected chi connectivity index (χ1v) is 9.79. The predicted molar refractivity (Wildman–Crippen MR) is 120 cm³/mol. The van der Waals surface area contributed by atoms with E-state index in [1.807, 2.05) is 32.0 Å². The van der Waals surface area contributed by atoms with E-state index in [4.69, 9.17) is 14.2 Å². The highest BCUT2D eigenvalue weighted by Gasteiger charge is 2.18. The zero-order chi connectivity index (χ0) is 22.8. The van der Waals surface area contributed by atoms with Crippen LogP contribution in [-0.2, 0) is 4.79 Å². The number of methoxy groups -OCH3 is 3. The van der Waals surface area contributed by atoms with E-state index in [0.717, 1.165) is 0 Å². The monoisotopic (exact) mass is 427 g/mol. The molecule has 0 bridgehead atoms. The van der Waals surface area contributed by atoms with Crippen LogP contribution in [0.5, 0.6) is 17.2 Å². The van der Waals surface area contributed by atoms with Crippen LogP contribution in [0.3, 0.4) is 0 Å². The van der Waals surface area contributed by atoms with Gasteiger partial charge in [-0.15, -0.1) is 0 Å². The molecule has 8 nitrogen and oxygen atoms in total. The van der Waals surface area contributed by atoms with Crippen molar-refractivity contribution < 1.29 is 23.8 Å². The Hall–Kier alpha value is -3.68. The summed E-state index contributed by atoms with van der Waals surface area (Å²) < 4.78 is 15.9. The Morgan fingerprint density at radius 2 is 1.52 bits per heavy atom. The van der Waals surface area contributed by atoms with Crippen LogP contribution >= 0.6 is 0 Å². The van der Waals surface area contributed by atoms with Crippen molar-refractivity contribution in [3.63, 3.8) is 0 Å². The standard InChI is InChI=1S/C23H29N3O5/c1-15(2)22(26-23(28)24-17-9-7-6-8-10-17)25-20(27)12-11-16-13-18(29-3)21(31-5)19(14-16)30-4/h6-15,22H,1-5H3,(H,25,27)(H2,24,26,28)/b12-11+. The smallest absolute Gasteiger partial charge is 0.320 e. The number of ether oxygens (including phenoxy) is 3. The summed E-state index contributed by atoms with van der Waals surface area (Å²) in [7, 11) is 4.57. The van der Waals surface area contributed by atoms with Crippen molar-refractivity contribution in [1.29, 1.82) is 0 Å². The van der Waals surface area contributed by atoms with E-state index in [-0.39, 0.29) is 11.8 Å². The van der Waals surface area contributed by atoms with E-state index >= 15 is 0 Å². The van der Waals surface area contributed by atoms with E-state index in [0.29, 0.717) is 28.5 Å². The van der Waals surface area contributed by atoms with Crippen LogP contribution < -0.4 is 30.2 Å². The third kappa shape index (κ3) is 6.95. The Morgan fingerprint density at radius 1 is 0.903 bits per heavy atom. The molecule has 166 valence electrons. The Morgan fingerprint density at radius 3 is 2.03 bits per heavy atom. The highest BCUT2D eigenvalue weighted by Crippen LogP contribution is 2.38. The first-order chi connectivity index (χ1) is 14.9.